The van der Waals surface area contributed by atoms with Crippen molar-refractivity contribution < 1.29 is 30.6 Å². The van der Waals surface area contributed by atoms with Gasteiger partial charge in [-0.15, -0.1) is 0 Å². The van der Waals surface area contributed by atoms with Crippen molar-refractivity contribution in [2.75, 3.05) is 18.7 Å². The first-order valence-corrected chi connectivity index (χ1v) is 13.3. The lowest BCUT2D eigenvalue weighted by molar-refractivity contribution is -0.112. The van der Waals surface area contributed by atoms with E-state index in [1.54, 1.807) is 24.3 Å². The second-order valence-electron chi connectivity index (χ2n) is 6.54. The Morgan fingerprint density at radius 1 is 1.12 bits per heavy atom. The zero-order valence-corrected chi connectivity index (χ0v) is 20.1. The number of carbonyl (C=O) groups excluding carboxylic acids is 1. The molecule has 34 heavy (non-hydrogen) atoms. The number of amides is 1. The Kier molecular flexibility index (Phi) is 7.30. The van der Waals surface area contributed by atoms with Crippen molar-refractivity contribution in [3.05, 3.63) is 59.7 Å². The van der Waals surface area contributed by atoms with Crippen molar-refractivity contribution in [1.29, 1.82) is 5.26 Å². The number of nitrogens with zero attached hydrogens (tertiary/aromatic N) is 3. The van der Waals surface area contributed by atoms with Crippen LogP contribution < -0.4 is 14.2 Å². The molecule has 0 radical (unpaired) electrons. The number of sulfone groups is 1. The predicted molar refractivity (Wildman–Crippen MR) is 122 cm³/mol. The van der Waals surface area contributed by atoms with Crippen molar-refractivity contribution in [1.82, 2.24) is 9.36 Å². The Hall–Kier alpha value is -3.80. The van der Waals surface area contributed by atoms with Gasteiger partial charge in [0.1, 0.15) is 16.5 Å². The van der Waals surface area contributed by atoms with Gasteiger partial charge in [0.05, 0.1) is 7.11 Å². The standard InChI is InChI=1S/C20H16N4O7S3/c1-30-17-11-13(8-9-16(17)31-34(28,29)15-6-4-3-5-7-15)10-14(12-21)18(25)22-19-23-20(24-32-19)33(2,26)27/h3-11H,1-2H3,(H,22,23,24,25). The van der Waals surface area contributed by atoms with E-state index in [1.165, 1.54) is 43.5 Å². The third-order valence-electron chi connectivity index (χ3n) is 4.05. The first kappa shape index (κ1) is 24.8. The van der Waals surface area contributed by atoms with Crippen LogP contribution in [0.15, 0.2) is 64.2 Å². The molecule has 0 unspecified atom stereocenters. The molecule has 0 saturated heterocycles. The molecule has 11 nitrogen and oxygen atoms in total. The Labute approximate surface area is 199 Å². The summed E-state index contributed by atoms with van der Waals surface area (Å²) in [6.07, 6.45) is 2.15. The fourth-order valence-electron chi connectivity index (χ4n) is 2.49. The smallest absolute Gasteiger partial charge is 0.339 e. The third kappa shape index (κ3) is 5.95. The van der Waals surface area contributed by atoms with Gasteiger partial charge >= 0.3 is 10.1 Å². The first-order valence-electron chi connectivity index (χ1n) is 9.18. The highest BCUT2D eigenvalue weighted by Crippen LogP contribution is 2.31. The summed E-state index contributed by atoms with van der Waals surface area (Å²) >= 11 is 0.648. The number of benzene rings is 2. The molecule has 1 heterocycles. The summed E-state index contributed by atoms with van der Waals surface area (Å²) in [5.74, 6) is -0.883. The van der Waals surface area contributed by atoms with Crippen LogP contribution in [0, 0.1) is 11.3 Å². The van der Waals surface area contributed by atoms with Gasteiger partial charge in [-0.25, -0.2) is 8.42 Å². The maximum Gasteiger partial charge on any atom is 0.339 e. The molecule has 0 atom stereocenters. The van der Waals surface area contributed by atoms with Crippen LogP contribution in [0.1, 0.15) is 5.56 Å². The molecule has 1 N–H and O–H groups in total. The topological polar surface area (TPSA) is 165 Å². The number of anilines is 1. The lowest BCUT2D eigenvalue weighted by atomic mass is 10.1. The highest BCUT2D eigenvalue weighted by Gasteiger charge is 2.20. The van der Waals surface area contributed by atoms with Gasteiger partial charge in [0.25, 0.3) is 11.1 Å². The van der Waals surface area contributed by atoms with E-state index < -0.39 is 31.0 Å². The molecule has 1 amide bonds. The van der Waals surface area contributed by atoms with Gasteiger partial charge in [-0.2, -0.15) is 23.0 Å². The maximum absolute atomic E-state index is 12.5. The van der Waals surface area contributed by atoms with E-state index in [0.29, 0.717) is 17.1 Å². The number of aromatic nitrogens is 2. The lowest BCUT2D eigenvalue weighted by Crippen LogP contribution is -2.13. The van der Waals surface area contributed by atoms with Crippen molar-refractivity contribution in [2.24, 2.45) is 0 Å². The average Bonchev–Trinajstić information content (AvgIpc) is 3.27. The summed E-state index contributed by atoms with van der Waals surface area (Å²) in [6, 6.07) is 13.4. The fraction of sp³-hybridized carbons (Fsp3) is 0.100. The summed E-state index contributed by atoms with van der Waals surface area (Å²) in [5.41, 5.74) is 0.00540. The van der Waals surface area contributed by atoms with Crippen LogP contribution in [-0.2, 0) is 24.7 Å². The van der Waals surface area contributed by atoms with Crippen LogP contribution in [-0.4, -0.2) is 45.5 Å². The molecular weight excluding hydrogens is 504 g/mol. The quantitative estimate of drug-likeness (QED) is 0.264. The zero-order chi connectivity index (χ0) is 24.9. The summed E-state index contributed by atoms with van der Waals surface area (Å²) in [4.78, 5) is 16.1. The number of nitrogens with one attached hydrogen (secondary N) is 1. The van der Waals surface area contributed by atoms with Gasteiger partial charge in [-0.3, -0.25) is 10.1 Å². The summed E-state index contributed by atoms with van der Waals surface area (Å²) in [6.45, 7) is 0. The van der Waals surface area contributed by atoms with Crippen LogP contribution in [0.3, 0.4) is 0 Å². The number of hydrogen-bond acceptors (Lipinski definition) is 11. The number of carbonyl (C=O) groups is 1. The highest BCUT2D eigenvalue weighted by atomic mass is 32.2. The Morgan fingerprint density at radius 3 is 2.41 bits per heavy atom. The number of rotatable bonds is 8. The molecule has 1 aromatic heterocycles. The van der Waals surface area contributed by atoms with Gasteiger partial charge in [-0.05, 0) is 35.9 Å². The number of hydrogen-bond donors (Lipinski definition) is 1. The normalized spacial score (nSPS) is 12.0. The van der Waals surface area contributed by atoms with Gasteiger partial charge in [0, 0.05) is 17.8 Å². The minimum absolute atomic E-state index is 0.0415. The monoisotopic (exact) mass is 520 g/mol. The van der Waals surface area contributed by atoms with Gasteiger partial charge in [-0.1, -0.05) is 24.3 Å². The van der Waals surface area contributed by atoms with Crippen LogP contribution >= 0.6 is 11.5 Å². The van der Waals surface area contributed by atoms with Crippen molar-refractivity contribution in [3.63, 3.8) is 0 Å². The average molecular weight is 521 g/mol. The van der Waals surface area contributed by atoms with Crippen LogP contribution in [0.2, 0.25) is 0 Å². The van der Waals surface area contributed by atoms with Crippen molar-refractivity contribution in [3.8, 4) is 17.6 Å². The summed E-state index contributed by atoms with van der Waals surface area (Å²) < 4.78 is 61.9. The largest absolute Gasteiger partial charge is 0.493 e. The molecule has 0 saturated carbocycles. The number of nitriles is 1. The number of ether oxygens (including phenoxy) is 1. The SMILES string of the molecule is COc1cc(C=C(C#N)C(=O)Nc2nc(S(C)(=O)=O)ns2)ccc1OS(=O)(=O)c1ccccc1. The maximum atomic E-state index is 12.5. The predicted octanol–water partition coefficient (Wildman–Crippen LogP) is 2.26. The lowest BCUT2D eigenvalue weighted by Gasteiger charge is -2.11. The minimum Gasteiger partial charge on any atom is -0.493 e. The second-order valence-corrected chi connectivity index (χ2v) is 10.7. The van der Waals surface area contributed by atoms with Crippen LogP contribution in [0.5, 0.6) is 11.5 Å². The molecule has 0 bridgehead atoms. The molecule has 0 aliphatic rings. The van der Waals surface area contributed by atoms with E-state index in [0.717, 1.165) is 6.26 Å². The molecule has 2 aromatic carbocycles. The van der Waals surface area contributed by atoms with E-state index >= 15 is 0 Å². The fourth-order valence-corrected chi connectivity index (χ4v) is 4.89. The molecular formula is C20H16N4O7S3. The number of methoxy groups -OCH3 is 1. The van der Waals surface area contributed by atoms with Crippen LogP contribution in [0.25, 0.3) is 6.08 Å². The molecule has 0 aliphatic heterocycles. The minimum atomic E-state index is -4.11. The van der Waals surface area contributed by atoms with Gasteiger partial charge in [0.2, 0.25) is 15.0 Å². The van der Waals surface area contributed by atoms with E-state index in [4.69, 9.17) is 8.92 Å². The molecule has 14 heteroatoms. The molecule has 0 aliphatic carbocycles. The van der Waals surface area contributed by atoms with Crippen molar-refractivity contribution in [2.45, 2.75) is 10.1 Å². The Bertz CT molecular complexity index is 1510. The van der Waals surface area contributed by atoms with Crippen molar-refractivity contribution >= 4 is 48.6 Å². The summed E-state index contributed by atoms with van der Waals surface area (Å²) in [7, 11) is -6.45. The van der Waals surface area contributed by atoms with E-state index in [1.807, 2.05) is 0 Å². The van der Waals surface area contributed by atoms with E-state index in [-0.39, 0.29) is 27.1 Å². The Balaban J connectivity index is 1.83. The van der Waals surface area contributed by atoms with Gasteiger partial charge in [0.15, 0.2) is 11.5 Å². The molecule has 3 rings (SSSR count). The molecule has 0 fully saturated rings. The highest BCUT2D eigenvalue weighted by molar-refractivity contribution is 7.90. The summed E-state index contributed by atoms with van der Waals surface area (Å²) in [5, 5.41) is 11.2. The zero-order valence-electron chi connectivity index (χ0n) is 17.6. The van der Waals surface area contributed by atoms with E-state index in [9.17, 15) is 26.9 Å². The van der Waals surface area contributed by atoms with Gasteiger partial charge < -0.3 is 8.92 Å². The Morgan fingerprint density at radius 2 is 1.82 bits per heavy atom. The molecule has 176 valence electrons. The van der Waals surface area contributed by atoms with E-state index in [2.05, 4.69) is 14.7 Å². The third-order valence-corrected chi connectivity index (χ3v) is 6.90. The van der Waals surface area contributed by atoms with Crippen LogP contribution in [0.4, 0.5) is 5.13 Å². The molecule has 0 spiro atoms. The second kappa shape index (κ2) is 10.00. The molecule has 3 aromatic rings. The first-order chi connectivity index (χ1) is 16.0.